The van der Waals surface area contributed by atoms with E-state index in [9.17, 15) is 22.8 Å². The number of aromatic amines is 1. The Kier molecular flexibility index (Phi) is 6.56. The molecule has 2 N–H and O–H groups in total. The van der Waals surface area contributed by atoms with Crippen LogP contribution in [0.2, 0.25) is 0 Å². The van der Waals surface area contributed by atoms with Gasteiger partial charge in [0.15, 0.2) is 34.4 Å². The van der Waals surface area contributed by atoms with Gasteiger partial charge >= 0.3 is 11.9 Å². The predicted molar refractivity (Wildman–Crippen MR) is 141 cm³/mol. The number of benzene rings is 2. The van der Waals surface area contributed by atoms with Crippen molar-refractivity contribution in [3.63, 3.8) is 0 Å². The van der Waals surface area contributed by atoms with E-state index in [1.165, 1.54) is 36.5 Å². The first kappa shape index (κ1) is 26.3. The Labute approximate surface area is 229 Å². The summed E-state index contributed by atoms with van der Waals surface area (Å²) in [7, 11) is 0. The summed E-state index contributed by atoms with van der Waals surface area (Å²) in [5.74, 6) is -2.06. The van der Waals surface area contributed by atoms with E-state index in [1.54, 1.807) is 22.8 Å². The summed E-state index contributed by atoms with van der Waals surface area (Å²) in [5, 5.41) is 2.28. The van der Waals surface area contributed by atoms with Crippen LogP contribution in [0, 0.1) is 5.82 Å². The van der Waals surface area contributed by atoms with Crippen molar-refractivity contribution in [2.24, 2.45) is 0 Å². The van der Waals surface area contributed by atoms with Gasteiger partial charge in [-0.3, -0.25) is 18.9 Å². The molecule has 1 fully saturated rings. The lowest BCUT2D eigenvalue weighted by Gasteiger charge is -2.15. The van der Waals surface area contributed by atoms with Gasteiger partial charge in [0.25, 0.3) is 5.91 Å². The van der Waals surface area contributed by atoms with Crippen molar-refractivity contribution < 1.29 is 27.1 Å². The lowest BCUT2D eigenvalue weighted by molar-refractivity contribution is -0.142. The minimum atomic E-state index is -4.89. The number of anilines is 1. The summed E-state index contributed by atoms with van der Waals surface area (Å²) in [6.07, 6.45) is 1.05. The van der Waals surface area contributed by atoms with Crippen LogP contribution in [0.15, 0.2) is 71.9 Å². The number of hydrogen-bond acceptors (Lipinski definition) is 5. The summed E-state index contributed by atoms with van der Waals surface area (Å²) in [4.78, 5) is 36.1. The number of fused-ring (bicyclic) bond motifs is 1. The van der Waals surface area contributed by atoms with Crippen LogP contribution in [0.25, 0.3) is 16.9 Å². The fourth-order valence-electron chi connectivity index (χ4n) is 5.16. The molecule has 0 bridgehead atoms. The lowest BCUT2D eigenvalue weighted by Crippen LogP contribution is -2.21. The monoisotopic (exact) mass is 566 g/mol. The molecule has 41 heavy (non-hydrogen) atoms. The van der Waals surface area contributed by atoms with Crippen molar-refractivity contribution in [1.82, 2.24) is 24.1 Å². The average molecular weight is 567 g/mol. The number of aromatic nitrogens is 5. The lowest BCUT2D eigenvalue weighted by atomic mass is 10.2. The number of para-hydroxylation sites is 1. The number of ether oxygens (including phenoxy) is 1. The summed E-state index contributed by atoms with van der Waals surface area (Å²) < 4.78 is 65.1. The molecule has 1 amide bonds. The van der Waals surface area contributed by atoms with Crippen molar-refractivity contribution in [2.45, 2.75) is 37.9 Å². The first-order valence-corrected chi connectivity index (χ1v) is 12.8. The molecular weight excluding hydrogens is 544 g/mol. The summed E-state index contributed by atoms with van der Waals surface area (Å²) in [5.41, 5.74) is -1.67. The van der Waals surface area contributed by atoms with Gasteiger partial charge in [-0.25, -0.2) is 19.2 Å². The molecule has 1 aliphatic rings. The number of nitrogens with zero attached hydrogens (tertiary/aromatic N) is 4. The summed E-state index contributed by atoms with van der Waals surface area (Å²) in [6, 6.07) is 12.6. The van der Waals surface area contributed by atoms with Gasteiger partial charge in [-0.05, 0) is 37.1 Å². The Hall–Kier alpha value is -4.94. The van der Waals surface area contributed by atoms with Gasteiger partial charge in [-0.2, -0.15) is 13.2 Å². The van der Waals surface area contributed by atoms with Gasteiger partial charge in [0, 0.05) is 35.7 Å². The molecule has 9 nitrogen and oxygen atoms in total. The van der Waals surface area contributed by atoms with E-state index in [1.807, 2.05) is 0 Å². The number of hydrogen-bond donors (Lipinski definition) is 2. The van der Waals surface area contributed by atoms with Crippen LogP contribution >= 0.6 is 0 Å². The molecule has 2 aromatic carbocycles. The van der Waals surface area contributed by atoms with Crippen LogP contribution in [-0.2, 0) is 6.18 Å². The molecule has 6 rings (SSSR count). The normalized spacial score (nSPS) is 14.0. The fraction of sp³-hybridized carbons (Fsp3) is 0.214. The van der Waals surface area contributed by atoms with Crippen molar-refractivity contribution in [3.05, 3.63) is 94.8 Å². The van der Waals surface area contributed by atoms with Crippen LogP contribution in [0.3, 0.4) is 0 Å². The molecule has 0 atom stereocenters. The average Bonchev–Trinajstić information content (AvgIpc) is 3.69. The third kappa shape index (κ3) is 4.94. The van der Waals surface area contributed by atoms with Crippen LogP contribution in [0.4, 0.5) is 23.2 Å². The number of pyridine rings is 1. The van der Waals surface area contributed by atoms with Crippen molar-refractivity contribution in [1.29, 1.82) is 0 Å². The molecule has 1 saturated carbocycles. The van der Waals surface area contributed by atoms with E-state index in [0.29, 0.717) is 11.2 Å². The molecular formula is C28H22F4N6O3. The Balaban J connectivity index is 1.27. The third-order valence-corrected chi connectivity index (χ3v) is 6.96. The molecule has 210 valence electrons. The quantitative estimate of drug-likeness (QED) is 0.237. The zero-order chi connectivity index (χ0) is 28.7. The highest BCUT2D eigenvalue weighted by Crippen LogP contribution is 2.36. The fourth-order valence-corrected chi connectivity index (χ4v) is 5.16. The molecule has 3 heterocycles. The molecule has 3 aromatic heterocycles. The Morgan fingerprint density at radius 3 is 2.49 bits per heavy atom. The highest BCUT2D eigenvalue weighted by Gasteiger charge is 2.40. The number of imidazole rings is 2. The van der Waals surface area contributed by atoms with Crippen LogP contribution in [0.1, 0.15) is 47.9 Å². The zero-order valence-electron chi connectivity index (χ0n) is 21.3. The topological polar surface area (TPSA) is 107 Å². The number of carbonyl (C=O) groups is 1. The van der Waals surface area contributed by atoms with E-state index >= 15 is 4.39 Å². The number of rotatable bonds is 6. The minimum absolute atomic E-state index is 0.0304. The van der Waals surface area contributed by atoms with E-state index in [2.05, 4.69) is 20.3 Å². The van der Waals surface area contributed by atoms with Crippen LogP contribution < -0.4 is 15.7 Å². The second-order valence-electron chi connectivity index (χ2n) is 9.59. The maximum absolute atomic E-state index is 15.1. The molecule has 1 aliphatic carbocycles. The predicted octanol–water partition coefficient (Wildman–Crippen LogP) is 6.23. The van der Waals surface area contributed by atoms with Gasteiger partial charge < -0.3 is 10.1 Å². The number of nitrogens with one attached hydrogen (secondary N) is 2. The highest BCUT2D eigenvalue weighted by atomic mass is 19.4. The Morgan fingerprint density at radius 1 is 1.02 bits per heavy atom. The zero-order valence-corrected chi connectivity index (χ0v) is 21.3. The first-order chi connectivity index (χ1) is 19.7. The molecule has 5 aromatic rings. The molecule has 0 saturated heterocycles. The van der Waals surface area contributed by atoms with Crippen molar-refractivity contribution in [3.8, 4) is 17.2 Å². The number of H-pyrrole nitrogens is 1. The molecule has 0 aliphatic heterocycles. The second-order valence-corrected chi connectivity index (χ2v) is 9.59. The van der Waals surface area contributed by atoms with Gasteiger partial charge in [-0.15, -0.1) is 0 Å². The highest BCUT2D eigenvalue weighted by molar-refractivity contribution is 6.04. The maximum Gasteiger partial charge on any atom is 0.434 e. The minimum Gasteiger partial charge on any atom is -0.452 e. The van der Waals surface area contributed by atoms with E-state index in [-0.39, 0.29) is 34.6 Å². The molecule has 13 heteroatoms. The van der Waals surface area contributed by atoms with Gasteiger partial charge in [0.2, 0.25) is 0 Å². The smallest absolute Gasteiger partial charge is 0.434 e. The van der Waals surface area contributed by atoms with Crippen molar-refractivity contribution >= 4 is 22.8 Å². The molecule has 0 unspecified atom stereocenters. The SMILES string of the molecule is O=C(Nc1ccc(Oc2ccnc3[nH]c(=O)n(C4CCCC4)c23)c(F)c1)c1ncn(-c2ccccc2)c1C(F)(F)F. The number of carbonyl (C=O) groups excluding carboxylic acids is 1. The molecule has 0 radical (unpaired) electrons. The number of halogens is 4. The van der Waals surface area contributed by atoms with Gasteiger partial charge in [0.05, 0.1) is 0 Å². The van der Waals surface area contributed by atoms with Gasteiger partial charge in [-0.1, -0.05) is 31.0 Å². The summed E-state index contributed by atoms with van der Waals surface area (Å²) >= 11 is 0. The van der Waals surface area contributed by atoms with Gasteiger partial charge in [0.1, 0.15) is 11.8 Å². The van der Waals surface area contributed by atoms with E-state index in [4.69, 9.17) is 4.74 Å². The van der Waals surface area contributed by atoms with E-state index in [0.717, 1.165) is 42.6 Å². The van der Waals surface area contributed by atoms with E-state index < -0.39 is 29.3 Å². The molecule has 0 spiro atoms. The maximum atomic E-state index is 15.1. The summed E-state index contributed by atoms with van der Waals surface area (Å²) in [6.45, 7) is 0. The first-order valence-electron chi connectivity index (χ1n) is 12.8. The number of alkyl halides is 3. The standard InChI is InChI=1S/C28H22F4N6O3/c29-19-14-16(35-26(39)22-24(28(30,31)32)37(15-34-22)17-6-2-1-3-7-17)10-11-20(19)41-21-12-13-33-25-23(21)38(27(40)36-25)18-8-4-5-9-18/h1-3,6-7,10-15,18H,4-5,8-9H2,(H,35,39)(H,33,36,40). The second kappa shape index (κ2) is 10.2. The van der Waals surface area contributed by atoms with Crippen LogP contribution in [-0.4, -0.2) is 30.0 Å². The number of amides is 1. The third-order valence-electron chi connectivity index (χ3n) is 6.96. The Morgan fingerprint density at radius 2 is 1.78 bits per heavy atom. The van der Waals surface area contributed by atoms with Crippen LogP contribution in [0.5, 0.6) is 11.5 Å². The Bertz CT molecular complexity index is 1800. The van der Waals surface area contributed by atoms with Crippen molar-refractivity contribution in [2.75, 3.05) is 5.32 Å². The largest absolute Gasteiger partial charge is 0.452 e.